The van der Waals surface area contributed by atoms with Crippen LogP contribution < -0.4 is 4.74 Å². The number of thioether (sulfide) groups is 1. The number of carbonyl (C=O) groups excluding carboxylic acids is 2. The van der Waals surface area contributed by atoms with Crippen LogP contribution in [0.5, 0.6) is 5.75 Å². The van der Waals surface area contributed by atoms with E-state index in [4.69, 9.17) is 20.8 Å². The molecule has 2 amide bonds. The monoisotopic (exact) mass is 470 g/mol. The Morgan fingerprint density at radius 1 is 1.19 bits per heavy atom. The molecule has 0 atom stereocenters. The van der Waals surface area contributed by atoms with E-state index in [1.165, 1.54) is 31.4 Å². The minimum Gasteiger partial charge on any atom is -0.495 e. The number of nitro groups is 1. The molecule has 10 heteroatoms. The summed E-state index contributed by atoms with van der Waals surface area (Å²) < 4.78 is 10.9. The molecule has 1 aliphatic rings. The number of halogens is 1. The second-order valence-corrected chi connectivity index (χ2v) is 8.11. The topological polar surface area (TPSA) is 103 Å². The molecule has 8 nitrogen and oxygen atoms in total. The lowest BCUT2D eigenvalue weighted by atomic mass is 10.1. The number of nitro benzene ring substituents is 1. The van der Waals surface area contributed by atoms with Crippen LogP contribution in [0.15, 0.2) is 63.9 Å². The Kier molecular flexibility index (Phi) is 6.02. The third-order valence-electron chi connectivity index (χ3n) is 4.73. The first-order valence-electron chi connectivity index (χ1n) is 9.29. The summed E-state index contributed by atoms with van der Waals surface area (Å²) in [5.41, 5.74) is 0.849. The van der Waals surface area contributed by atoms with Crippen molar-refractivity contribution in [1.29, 1.82) is 0 Å². The first-order valence-corrected chi connectivity index (χ1v) is 10.5. The molecule has 4 rings (SSSR count). The summed E-state index contributed by atoms with van der Waals surface area (Å²) in [6, 6.07) is 14.6. The predicted octanol–water partition coefficient (Wildman–Crippen LogP) is 5.75. The van der Waals surface area contributed by atoms with E-state index >= 15 is 0 Å². The molecule has 1 fully saturated rings. The molecule has 3 aromatic rings. The van der Waals surface area contributed by atoms with Crippen molar-refractivity contribution >= 4 is 46.3 Å². The predicted molar refractivity (Wildman–Crippen MR) is 120 cm³/mol. The maximum Gasteiger partial charge on any atom is 0.293 e. The number of ether oxygens (including phenoxy) is 1. The highest BCUT2D eigenvalue weighted by Gasteiger charge is 2.36. The number of nitrogens with zero attached hydrogens (tertiary/aromatic N) is 2. The number of para-hydroxylation sites is 1. The van der Waals surface area contributed by atoms with Crippen molar-refractivity contribution in [2.75, 3.05) is 7.11 Å². The number of methoxy groups -OCH3 is 1. The Balaban J connectivity index is 1.55. The van der Waals surface area contributed by atoms with Crippen LogP contribution in [0.1, 0.15) is 11.3 Å². The summed E-state index contributed by atoms with van der Waals surface area (Å²) >= 11 is 6.91. The summed E-state index contributed by atoms with van der Waals surface area (Å²) in [5.74, 6) is 0.904. The van der Waals surface area contributed by atoms with E-state index in [-0.39, 0.29) is 22.7 Å². The number of imide groups is 1. The fraction of sp³-hybridized carbons (Fsp3) is 0.0909. The Hall–Kier alpha value is -3.56. The third kappa shape index (κ3) is 4.25. The number of hydrogen-bond donors (Lipinski definition) is 0. The smallest absolute Gasteiger partial charge is 0.293 e. The zero-order valence-corrected chi connectivity index (χ0v) is 18.2. The molecule has 1 aliphatic heterocycles. The van der Waals surface area contributed by atoms with Gasteiger partial charge in [-0.25, -0.2) is 0 Å². The van der Waals surface area contributed by atoms with Crippen molar-refractivity contribution in [2.24, 2.45) is 0 Å². The molecule has 0 N–H and O–H groups in total. The van der Waals surface area contributed by atoms with Gasteiger partial charge in [-0.05, 0) is 42.1 Å². The zero-order chi connectivity index (χ0) is 22.8. The van der Waals surface area contributed by atoms with E-state index in [1.54, 1.807) is 36.4 Å². The summed E-state index contributed by atoms with van der Waals surface area (Å²) in [4.78, 5) is 37.0. The van der Waals surface area contributed by atoms with Gasteiger partial charge in [-0.15, -0.1) is 0 Å². The molecule has 0 saturated carbocycles. The fourth-order valence-corrected chi connectivity index (χ4v) is 4.24. The molecule has 1 aromatic heterocycles. The average Bonchev–Trinajstić information content (AvgIpc) is 3.34. The number of carbonyl (C=O) groups is 2. The van der Waals surface area contributed by atoms with E-state index in [0.29, 0.717) is 22.3 Å². The second-order valence-electron chi connectivity index (χ2n) is 6.71. The van der Waals surface area contributed by atoms with Gasteiger partial charge in [-0.2, -0.15) is 0 Å². The first-order chi connectivity index (χ1) is 15.4. The lowest BCUT2D eigenvalue weighted by Gasteiger charge is -2.12. The molecule has 0 aliphatic carbocycles. The van der Waals surface area contributed by atoms with Crippen LogP contribution in [0.4, 0.5) is 10.5 Å². The highest BCUT2D eigenvalue weighted by Crippen LogP contribution is 2.36. The molecule has 162 valence electrons. The van der Waals surface area contributed by atoms with Gasteiger partial charge in [0, 0.05) is 23.3 Å². The van der Waals surface area contributed by atoms with Crippen LogP contribution in [0, 0.1) is 10.1 Å². The zero-order valence-electron chi connectivity index (χ0n) is 16.6. The molecule has 0 bridgehead atoms. The van der Waals surface area contributed by atoms with Crippen LogP contribution in [-0.4, -0.2) is 28.1 Å². The Morgan fingerprint density at radius 3 is 2.69 bits per heavy atom. The van der Waals surface area contributed by atoms with Crippen molar-refractivity contribution in [3.8, 4) is 17.1 Å². The normalized spacial score (nSPS) is 14.9. The quantitative estimate of drug-likeness (QED) is 0.256. The SMILES string of the molecule is COc1ccc(-c2ccc(/C=C3\SC(=O)N(Cc4ccccc4[N+](=O)[O-])C3=O)o2)cc1Cl. The molecule has 0 radical (unpaired) electrons. The molecule has 2 heterocycles. The third-order valence-corrected chi connectivity index (χ3v) is 5.93. The van der Waals surface area contributed by atoms with Crippen molar-refractivity contribution in [1.82, 2.24) is 4.90 Å². The summed E-state index contributed by atoms with van der Waals surface area (Å²) in [7, 11) is 1.52. The van der Waals surface area contributed by atoms with Gasteiger partial charge in [0.05, 0.1) is 28.5 Å². The second kappa shape index (κ2) is 8.89. The Bertz CT molecular complexity index is 1270. The highest BCUT2D eigenvalue weighted by molar-refractivity contribution is 8.18. The van der Waals surface area contributed by atoms with E-state index in [1.807, 2.05) is 0 Å². The minimum absolute atomic E-state index is 0.149. The van der Waals surface area contributed by atoms with Crippen LogP contribution in [-0.2, 0) is 11.3 Å². The maximum atomic E-state index is 12.8. The minimum atomic E-state index is -0.542. The van der Waals surface area contributed by atoms with Gasteiger partial charge in [0.25, 0.3) is 16.8 Å². The van der Waals surface area contributed by atoms with Gasteiger partial charge in [0.15, 0.2) is 0 Å². The summed E-state index contributed by atoms with van der Waals surface area (Å²) in [5, 5.41) is 11.1. The van der Waals surface area contributed by atoms with Gasteiger partial charge in [-0.1, -0.05) is 29.8 Å². The van der Waals surface area contributed by atoms with Crippen LogP contribution in [0.25, 0.3) is 17.4 Å². The van der Waals surface area contributed by atoms with Gasteiger partial charge >= 0.3 is 0 Å². The molecule has 2 aromatic carbocycles. The number of rotatable bonds is 6. The number of amides is 2. The van der Waals surface area contributed by atoms with Gasteiger partial charge in [0.1, 0.15) is 17.3 Å². The first kappa shape index (κ1) is 21.7. The summed E-state index contributed by atoms with van der Waals surface area (Å²) in [6.07, 6.45) is 1.47. The van der Waals surface area contributed by atoms with Crippen molar-refractivity contribution in [3.63, 3.8) is 0 Å². The molecule has 0 spiro atoms. The standard InChI is InChI=1S/C22H15ClN2O6S/c1-30-19-8-6-13(10-16(19)23)18-9-7-15(31-18)11-20-21(26)24(22(27)32-20)12-14-4-2-3-5-17(14)25(28)29/h2-11H,12H2,1H3/b20-11-. The molecular formula is C22H15ClN2O6S. The number of furan rings is 1. The van der Waals surface area contributed by atoms with Crippen molar-refractivity contribution in [3.05, 3.63) is 86.0 Å². The lowest BCUT2D eigenvalue weighted by molar-refractivity contribution is -0.385. The van der Waals surface area contributed by atoms with E-state index in [0.717, 1.165) is 22.2 Å². The van der Waals surface area contributed by atoms with E-state index < -0.39 is 16.1 Å². The van der Waals surface area contributed by atoms with E-state index in [2.05, 4.69) is 0 Å². The molecule has 32 heavy (non-hydrogen) atoms. The van der Waals surface area contributed by atoms with Crippen LogP contribution in [0.3, 0.4) is 0 Å². The summed E-state index contributed by atoms with van der Waals surface area (Å²) in [6.45, 7) is -0.188. The molecular weight excluding hydrogens is 456 g/mol. The molecule has 1 saturated heterocycles. The van der Waals surface area contributed by atoms with Crippen LogP contribution >= 0.6 is 23.4 Å². The average molecular weight is 471 g/mol. The van der Waals surface area contributed by atoms with Gasteiger partial charge in [0.2, 0.25) is 0 Å². The van der Waals surface area contributed by atoms with Gasteiger partial charge < -0.3 is 9.15 Å². The number of benzene rings is 2. The number of hydrogen-bond acceptors (Lipinski definition) is 7. The Labute approximate surface area is 191 Å². The fourth-order valence-electron chi connectivity index (χ4n) is 3.16. The molecule has 0 unspecified atom stereocenters. The highest BCUT2D eigenvalue weighted by atomic mass is 35.5. The van der Waals surface area contributed by atoms with E-state index in [9.17, 15) is 19.7 Å². The Morgan fingerprint density at radius 2 is 1.97 bits per heavy atom. The van der Waals surface area contributed by atoms with Crippen molar-refractivity contribution in [2.45, 2.75) is 6.54 Å². The van der Waals surface area contributed by atoms with Gasteiger partial charge in [-0.3, -0.25) is 24.6 Å². The lowest BCUT2D eigenvalue weighted by Crippen LogP contribution is -2.27. The van der Waals surface area contributed by atoms with Crippen molar-refractivity contribution < 1.29 is 23.7 Å². The van der Waals surface area contributed by atoms with Crippen LogP contribution in [0.2, 0.25) is 5.02 Å². The largest absolute Gasteiger partial charge is 0.495 e. The maximum absolute atomic E-state index is 12.8.